The van der Waals surface area contributed by atoms with Gasteiger partial charge in [-0.15, -0.1) is 24.0 Å². The van der Waals surface area contributed by atoms with Gasteiger partial charge in [0, 0.05) is 45.8 Å². The number of nitrogens with zero attached hydrogens (tertiary/aromatic N) is 3. The minimum absolute atomic E-state index is 0. The van der Waals surface area contributed by atoms with Gasteiger partial charge in [-0.25, -0.2) is 4.99 Å². The number of halogens is 1. The summed E-state index contributed by atoms with van der Waals surface area (Å²) >= 11 is 0. The Morgan fingerprint density at radius 2 is 2.04 bits per heavy atom. The van der Waals surface area contributed by atoms with Crippen molar-refractivity contribution in [2.75, 3.05) is 38.6 Å². The molecule has 0 spiro atoms. The number of rotatable bonds is 6. The second-order valence-electron chi connectivity index (χ2n) is 6.86. The van der Waals surface area contributed by atoms with Gasteiger partial charge in [-0.1, -0.05) is 12.1 Å². The highest BCUT2D eigenvalue weighted by Gasteiger charge is 2.23. The molecule has 0 bridgehead atoms. The monoisotopic (exact) mass is 473 g/mol. The molecular formula is C19H32IN5O. The standard InChI is InChI=1S/C19H31N5O.HI/c1-4-21-19(24-11-5-6-16(14-24)12-18(20)25)22-13-15-7-9-17(10-8-15)23(2)3;/h7-10,16H,4-6,11-14H2,1-3H3,(H2,20,25)(H,21,22);1H. The number of nitrogens with two attached hydrogens (primary N) is 1. The fourth-order valence-corrected chi connectivity index (χ4v) is 3.20. The lowest BCUT2D eigenvalue weighted by Gasteiger charge is -2.34. The summed E-state index contributed by atoms with van der Waals surface area (Å²) in [5.41, 5.74) is 7.74. The molecule has 7 heteroatoms. The molecule has 26 heavy (non-hydrogen) atoms. The summed E-state index contributed by atoms with van der Waals surface area (Å²) in [5, 5.41) is 3.38. The average molecular weight is 473 g/mol. The topological polar surface area (TPSA) is 74.0 Å². The molecule has 3 N–H and O–H groups in total. The van der Waals surface area contributed by atoms with E-state index in [1.54, 1.807) is 0 Å². The fraction of sp³-hybridized carbons (Fsp3) is 0.579. The maximum absolute atomic E-state index is 11.2. The van der Waals surface area contributed by atoms with Crippen molar-refractivity contribution in [2.24, 2.45) is 16.6 Å². The highest BCUT2D eigenvalue weighted by molar-refractivity contribution is 14.0. The molecule has 0 radical (unpaired) electrons. The number of hydrogen-bond donors (Lipinski definition) is 2. The van der Waals surface area contributed by atoms with E-state index in [0.29, 0.717) is 18.9 Å². The van der Waals surface area contributed by atoms with E-state index >= 15 is 0 Å². The van der Waals surface area contributed by atoms with Crippen LogP contribution >= 0.6 is 24.0 Å². The molecule has 1 fully saturated rings. The molecule has 1 aliphatic heterocycles. The van der Waals surface area contributed by atoms with E-state index in [1.165, 1.54) is 11.3 Å². The number of aliphatic imine (C=N–C) groups is 1. The van der Waals surface area contributed by atoms with E-state index in [0.717, 1.165) is 38.4 Å². The lowest BCUT2D eigenvalue weighted by Crippen LogP contribution is -2.47. The fourth-order valence-electron chi connectivity index (χ4n) is 3.20. The Morgan fingerprint density at radius 3 is 2.62 bits per heavy atom. The van der Waals surface area contributed by atoms with Crippen molar-refractivity contribution in [3.8, 4) is 0 Å². The van der Waals surface area contributed by atoms with Gasteiger partial charge in [0.1, 0.15) is 0 Å². The van der Waals surface area contributed by atoms with Gasteiger partial charge in [0.25, 0.3) is 0 Å². The third-order valence-electron chi connectivity index (χ3n) is 4.51. The second-order valence-corrected chi connectivity index (χ2v) is 6.86. The number of hydrogen-bond acceptors (Lipinski definition) is 3. The number of primary amides is 1. The van der Waals surface area contributed by atoms with Crippen LogP contribution < -0.4 is 16.0 Å². The number of carbonyl (C=O) groups is 1. The van der Waals surface area contributed by atoms with Gasteiger partial charge in [0.15, 0.2) is 5.96 Å². The van der Waals surface area contributed by atoms with Crippen LogP contribution in [0, 0.1) is 5.92 Å². The predicted octanol–water partition coefficient (Wildman–Crippen LogP) is 2.42. The third-order valence-corrected chi connectivity index (χ3v) is 4.51. The molecular weight excluding hydrogens is 441 g/mol. The van der Waals surface area contributed by atoms with E-state index < -0.39 is 0 Å². The number of amides is 1. The van der Waals surface area contributed by atoms with Crippen LogP contribution in [0.25, 0.3) is 0 Å². The summed E-state index contributed by atoms with van der Waals surface area (Å²) in [4.78, 5) is 20.4. The molecule has 1 atom stereocenters. The Balaban J connectivity index is 0.00000338. The van der Waals surface area contributed by atoms with Gasteiger partial charge in [-0.05, 0) is 43.4 Å². The molecule has 1 aliphatic rings. The van der Waals surface area contributed by atoms with Gasteiger partial charge in [0.2, 0.25) is 5.91 Å². The van der Waals surface area contributed by atoms with Gasteiger partial charge >= 0.3 is 0 Å². The first-order valence-corrected chi connectivity index (χ1v) is 9.07. The number of piperidine rings is 1. The molecule has 0 saturated carbocycles. The number of carbonyl (C=O) groups excluding carboxylic acids is 1. The summed E-state index contributed by atoms with van der Waals surface area (Å²) in [5.74, 6) is 1.04. The van der Waals surface area contributed by atoms with E-state index in [1.807, 2.05) is 14.1 Å². The Morgan fingerprint density at radius 1 is 1.35 bits per heavy atom. The smallest absolute Gasteiger partial charge is 0.217 e. The van der Waals surface area contributed by atoms with Crippen LogP contribution in [-0.4, -0.2) is 50.5 Å². The average Bonchev–Trinajstić information content (AvgIpc) is 2.58. The highest BCUT2D eigenvalue weighted by atomic mass is 127. The molecule has 1 unspecified atom stereocenters. The lowest BCUT2D eigenvalue weighted by atomic mass is 9.95. The Hall–Kier alpha value is -1.51. The van der Waals surface area contributed by atoms with Crippen molar-refractivity contribution in [2.45, 2.75) is 32.7 Å². The number of likely N-dealkylation sites (tertiary alicyclic amines) is 1. The molecule has 1 amide bonds. The molecule has 1 aromatic rings. The van der Waals surface area contributed by atoms with Crippen molar-refractivity contribution in [1.82, 2.24) is 10.2 Å². The third kappa shape index (κ3) is 7.01. The van der Waals surface area contributed by atoms with Crippen molar-refractivity contribution in [3.63, 3.8) is 0 Å². The maximum Gasteiger partial charge on any atom is 0.217 e. The minimum Gasteiger partial charge on any atom is -0.378 e. The molecule has 1 saturated heterocycles. The summed E-state index contributed by atoms with van der Waals surface area (Å²) in [6.07, 6.45) is 2.59. The van der Waals surface area contributed by atoms with Crippen LogP contribution in [0.3, 0.4) is 0 Å². The number of nitrogens with one attached hydrogen (secondary N) is 1. The Bertz CT molecular complexity index is 588. The first kappa shape index (κ1) is 22.5. The number of benzene rings is 1. The second kappa shape index (κ2) is 11.3. The van der Waals surface area contributed by atoms with Crippen LogP contribution in [0.2, 0.25) is 0 Å². The van der Waals surface area contributed by atoms with E-state index in [2.05, 4.69) is 46.3 Å². The first-order valence-electron chi connectivity index (χ1n) is 9.07. The molecule has 1 aromatic carbocycles. The predicted molar refractivity (Wildman–Crippen MR) is 119 cm³/mol. The molecule has 1 heterocycles. The first-order chi connectivity index (χ1) is 12.0. The zero-order chi connectivity index (χ0) is 18.2. The number of guanidine groups is 1. The van der Waals surface area contributed by atoms with Crippen molar-refractivity contribution < 1.29 is 4.79 Å². The Kier molecular flexibility index (Phi) is 9.75. The van der Waals surface area contributed by atoms with Crippen LogP contribution in [0.15, 0.2) is 29.3 Å². The SMILES string of the molecule is CCNC(=NCc1ccc(N(C)C)cc1)N1CCCC(CC(N)=O)C1.I. The Labute approximate surface area is 174 Å². The zero-order valence-electron chi connectivity index (χ0n) is 16.1. The minimum atomic E-state index is -0.213. The van der Waals surface area contributed by atoms with E-state index in [9.17, 15) is 4.79 Å². The molecule has 0 aliphatic carbocycles. The van der Waals surface area contributed by atoms with E-state index in [4.69, 9.17) is 10.7 Å². The van der Waals surface area contributed by atoms with Crippen molar-refractivity contribution in [3.05, 3.63) is 29.8 Å². The quantitative estimate of drug-likeness (QED) is 0.378. The van der Waals surface area contributed by atoms with Crippen LogP contribution in [0.1, 0.15) is 31.7 Å². The zero-order valence-corrected chi connectivity index (χ0v) is 18.4. The largest absolute Gasteiger partial charge is 0.378 e. The van der Waals surface area contributed by atoms with Crippen LogP contribution in [0.5, 0.6) is 0 Å². The van der Waals surface area contributed by atoms with Crippen LogP contribution in [-0.2, 0) is 11.3 Å². The van der Waals surface area contributed by atoms with Gasteiger partial charge < -0.3 is 20.9 Å². The van der Waals surface area contributed by atoms with E-state index in [-0.39, 0.29) is 29.9 Å². The summed E-state index contributed by atoms with van der Waals surface area (Å²) in [6, 6.07) is 8.46. The molecule has 146 valence electrons. The summed E-state index contributed by atoms with van der Waals surface area (Å²) in [6.45, 7) is 5.36. The summed E-state index contributed by atoms with van der Waals surface area (Å²) in [7, 11) is 4.07. The van der Waals surface area contributed by atoms with Gasteiger partial charge in [0.05, 0.1) is 6.54 Å². The summed E-state index contributed by atoms with van der Waals surface area (Å²) < 4.78 is 0. The number of anilines is 1. The molecule has 6 nitrogen and oxygen atoms in total. The molecule has 0 aromatic heterocycles. The van der Waals surface area contributed by atoms with Crippen molar-refractivity contribution in [1.29, 1.82) is 0 Å². The van der Waals surface area contributed by atoms with Crippen LogP contribution in [0.4, 0.5) is 5.69 Å². The van der Waals surface area contributed by atoms with Gasteiger partial charge in [-0.3, -0.25) is 4.79 Å². The van der Waals surface area contributed by atoms with Crippen molar-refractivity contribution >= 4 is 41.5 Å². The molecule has 2 rings (SSSR count). The lowest BCUT2D eigenvalue weighted by molar-refractivity contribution is -0.119. The maximum atomic E-state index is 11.2. The highest BCUT2D eigenvalue weighted by Crippen LogP contribution is 2.20. The van der Waals surface area contributed by atoms with Gasteiger partial charge in [-0.2, -0.15) is 0 Å². The normalized spacial score (nSPS) is 17.4.